The summed E-state index contributed by atoms with van der Waals surface area (Å²) in [4.78, 5) is 12.4. The molecule has 0 bridgehead atoms. The van der Waals surface area contributed by atoms with Gasteiger partial charge >= 0.3 is 17.1 Å². The summed E-state index contributed by atoms with van der Waals surface area (Å²) in [6, 6.07) is 0. The van der Waals surface area contributed by atoms with Gasteiger partial charge in [0, 0.05) is 11.4 Å². The smallest absolute Gasteiger partial charge is 0.793 e. The van der Waals surface area contributed by atoms with Gasteiger partial charge in [-0.15, -0.1) is 11.4 Å². The molecule has 0 aliphatic rings. The molecule has 0 aliphatic heterocycles. The number of rotatable bonds is 14. The maximum atomic E-state index is 12.4. The first-order valence-electron chi connectivity index (χ1n) is 8.59. The Morgan fingerprint density at radius 2 is 1.50 bits per heavy atom. The molecule has 0 heterocycles. The Morgan fingerprint density at radius 3 is 1.95 bits per heavy atom. The van der Waals surface area contributed by atoms with E-state index in [0.29, 0.717) is 18.4 Å². The zero-order valence-electron chi connectivity index (χ0n) is 14.6. The van der Waals surface area contributed by atoms with E-state index in [1.807, 2.05) is 0 Å². The van der Waals surface area contributed by atoms with Crippen molar-refractivity contribution in [2.45, 2.75) is 79.1 Å². The number of hydrogen-bond acceptors (Lipinski definition) is 4. The van der Waals surface area contributed by atoms with E-state index in [0.717, 1.165) is 25.0 Å². The standard InChI is InChI=1S/C16H35O2PS2.Cu/c1-5-9-11-15(7-3)13-18-19(17,20)21-14-16(8-4)12-10-6-2;/h15-16H,5-14H2,1-4H3,(H,17,20);/q;+1/p-1. The molecule has 22 heavy (non-hydrogen) atoms. The molecule has 0 saturated carbocycles. The minimum Gasteiger partial charge on any atom is -0.793 e. The van der Waals surface area contributed by atoms with Crippen LogP contribution in [0.2, 0.25) is 0 Å². The predicted molar refractivity (Wildman–Crippen MR) is 99.3 cm³/mol. The fourth-order valence-corrected chi connectivity index (χ4v) is 5.81. The Morgan fingerprint density at radius 1 is 1.00 bits per heavy atom. The van der Waals surface area contributed by atoms with Gasteiger partial charge in [-0.3, -0.25) is 0 Å². The maximum absolute atomic E-state index is 12.4. The van der Waals surface area contributed by atoms with E-state index < -0.39 is 5.69 Å². The van der Waals surface area contributed by atoms with Crippen LogP contribution >= 0.6 is 17.1 Å². The van der Waals surface area contributed by atoms with Crippen molar-refractivity contribution >= 4 is 28.9 Å². The van der Waals surface area contributed by atoms with Crippen LogP contribution in [0.4, 0.5) is 0 Å². The second kappa shape index (κ2) is 15.9. The summed E-state index contributed by atoms with van der Waals surface area (Å²) in [5.74, 6) is 2.00. The molecular formula is C16H34CuO2PS2. The van der Waals surface area contributed by atoms with Gasteiger partial charge in [0.1, 0.15) is 0 Å². The van der Waals surface area contributed by atoms with Gasteiger partial charge in [-0.1, -0.05) is 78.0 Å². The molecule has 0 N–H and O–H groups in total. The van der Waals surface area contributed by atoms with E-state index in [2.05, 4.69) is 27.7 Å². The van der Waals surface area contributed by atoms with Crippen LogP contribution in [0.15, 0.2) is 0 Å². The molecule has 0 spiro atoms. The minimum atomic E-state index is -2.89. The Bertz CT molecular complexity index is 269. The third kappa shape index (κ3) is 13.8. The normalized spacial score (nSPS) is 16.6. The van der Waals surface area contributed by atoms with Gasteiger partial charge in [-0.05, 0) is 24.7 Å². The molecule has 0 aromatic rings. The fourth-order valence-electron chi connectivity index (χ4n) is 2.23. The molecule has 0 saturated heterocycles. The third-order valence-electron chi connectivity index (χ3n) is 4.02. The molecule has 0 radical (unpaired) electrons. The second-order valence-corrected chi connectivity index (χ2v) is 12.0. The molecule has 3 atom stereocenters. The summed E-state index contributed by atoms with van der Waals surface area (Å²) in [6.07, 6.45) is 9.46. The predicted octanol–water partition coefficient (Wildman–Crippen LogP) is 5.75. The van der Waals surface area contributed by atoms with Gasteiger partial charge in [0.2, 0.25) is 0 Å². The van der Waals surface area contributed by atoms with E-state index in [9.17, 15) is 4.89 Å². The molecule has 0 aromatic heterocycles. The van der Waals surface area contributed by atoms with E-state index in [-0.39, 0.29) is 17.1 Å². The number of unbranched alkanes of at least 4 members (excludes halogenated alkanes) is 2. The first kappa shape index (κ1) is 25.7. The van der Waals surface area contributed by atoms with Gasteiger partial charge in [0.25, 0.3) is 0 Å². The van der Waals surface area contributed by atoms with Crippen LogP contribution in [0.5, 0.6) is 0 Å². The van der Waals surface area contributed by atoms with Crippen molar-refractivity contribution in [3.05, 3.63) is 0 Å². The average molecular weight is 417 g/mol. The summed E-state index contributed by atoms with van der Waals surface area (Å²) in [7, 11) is 0. The van der Waals surface area contributed by atoms with Crippen LogP contribution in [0.3, 0.4) is 0 Å². The summed E-state index contributed by atoms with van der Waals surface area (Å²) < 4.78 is 5.61. The van der Waals surface area contributed by atoms with E-state index >= 15 is 0 Å². The Labute approximate surface area is 158 Å². The molecule has 0 rings (SSSR count). The molecule has 2 nitrogen and oxygen atoms in total. The van der Waals surface area contributed by atoms with Gasteiger partial charge < -0.3 is 9.42 Å². The van der Waals surface area contributed by atoms with Crippen molar-refractivity contribution in [1.82, 2.24) is 0 Å². The molecule has 6 heteroatoms. The Hall–Kier alpha value is 1.44. The zero-order valence-corrected chi connectivity index (χ0v) is 18.1. The SMILES string of the molecule is CCCCC(CC)COP([O-])(=S)SCC(CC)CCCC.[Cu+]. The van der Waals surface area contributed by atoms with Crippen LogP contribution in [0.1, 0.15) is 79.1 Å². The largest absolute Gasteiger partial charge is 1.00 e. The second-order valence-electron chi connectivity index (χ2n) is 5.87. The van der Waals surface area contributed by atoms with Crippen LogP contribution < -0.4 is 4.89 Å². The monoisotopic (exact) mass is 416 g/mol. The van der Waals surface area contributed by atoms with Gasteiger partial charge in [-0.2, -0.15) is 0 Å². The van der Waals surface area contributed by atoms with Crippen LogP contribution in [-0.2, 0) is 33.4 Å². The quantitative estimate of drug-likeness (QED) is 0.266. The fraction of sp³-hybridized carbons (Fsp3) is 1.00. The zero-order chi connectivity index (χ0) is 16.1. The molecule has 138 valence electrons. The Kier molecular flexibility index (Phi) is 18.6. The summed E-state index contributed by atoms with van der Waals surface area (Å²) in [5.41, 5.74) is -2.89. The van der Waals surface area contributed by atoms with E-state index in [4.69, 9.17) is 16.3 Å². The van der Waals surface area contributed by atoms with E-state index in [1.54, 1.807) is 0 Å². The third-order valence-corrected chi connectivity index (χ3v) is 8.40. The summed E-state index contributed by atoms with van der Waals surface area (Å²) in [5, 5.41) is 0. The molecule has 0 aliphatic carbocycles. The first-order valence-corrected chi connectivity index (χ1v) is 12.8. The first-order chi connectivity index (χ1) is 9.99. The van der Waals surface area contributed by atoms with Gasteiger partial charge in [0.15, 0.2) is 0 Å². The molecular weight excluding hydrogens is 383 g/mol. The van der Waals surface area contributed by atoms with Crippen molar-refractivity contribution in [2.75, 3.05) is 12.4 Å². The Balaban J connectivity index is 0. The molecule has 0 fully saturated rings. The van der Waals surface area contributed by atoms with Gasteiger partial charge in [-0.25, -0.2) is 0 Å². The van der Waals surface area contributed by atoms with Crippen LogP contribution in [-0.4, -0.2) is 12.4 Å². The van der Waals surface area contributed by atoms with Crippen molar-refractivity contribution in [3.63, 3.8) is 0 Å². The van der Waals surface area contributed by atoms with Crippen LogP contribution in [0.25, 0.3) is 0 Å². The van der Waals surface area contributed by atoms with Crippen molar-refractivity contribution in [2.24, 2.45) is 11.8 Å². The van der Waals surface area contributed by atoms with Crippen molar-refractivity contribution < 1.29 is 26.5 Å². The van der Waals surface area contributed by atoms with E-state index in [1.165, 1.54) is 43.5 Å². The molecule has 0 aromatic carbocycles. The molecule has 3 unspecified atom stereocenters. The van der Waals surface area contributed by atoms with Crippen molar-refractivity contribution in [3.8, 4) is 0 Å². The van der Waals surface area contributed by atoms with Crippen molar-refractivity contribution in [1.29, 1.82) is 0 Å². The summed E-state index contributed by atoms with van der Waals surface area (Å²) >= 11 is 6.58. The van der Waals surface area contributed by atoms with Gasteiger partial charge in [0.05, 0.1) is 6.61 Å². The maximum Gasteiger partial charge on any atom is 1.00 e. The average Bonchev–Trinajstić information content (AvgIpc) is 2.47. The topological polar surface area (TPSA) is 32.3 Å². The molecule has 0 amide bonds. The van der Waals surface area contributed by atoms with Crippen LogP contribution in [0, 0.1) is 11.8 Å². The minimum absolute atomic E-state index is 0. The summed E-state index contributed by atoms with van der Waals surface area (Å²) in [6.45, 7) is 9.34. The number of hydrogen-bond donors (Lipinski definition) is 0.